The lowest BCUT2D eigenvalue weighted by Crippen LogP contribution is -2.13. The van der Waals surface area contributed by atoms with E-state index in [0.717, 1.165) is 6.20 Å². The Labute approximate surface area is 92.5 Å². The molecule has 6 heteroatoms. The van der Waals surface area contributed by atoms with Crippen molar-refractivity contribution in [1.82, 2.24) is 9.97 Å². The summed E-state index contributed by atoms with van der Waals surface area (Å²) in [5.41, 5.74) is 0. The van der Waals surface area contributed by atoms with Crippen molar-refractivity contribution in [2.75, 3.05) is 11.9 Å². The second kappa shape index (κ2) is 5.82. The van der Waals surface area contributed by atoms with Crippen molar-refractivity contribution < 1.29 is 9.50 Å². The van der Waals surface area contributed by atoms with Crippen LogP contribution in [0, 0.1) is 5.82 Å². The van der Waals surface area contributed by atoms with E-state index in [0.29, 0.717) is 19.4 Å². The lowest BCUT2D eigenvalue weighted by Gasteiger charge is -2.09. The Morgan fingerprint density at radius 1 is 1.67 bits per heavy atom. The monoisotopic (exact) mass is 233 g/mol. The molecule has 0 spiro atoms. The van der Waals surface area contributed by atoms with Crippen LogP contribution in [0.1, 0.15) is 19.8 Å². The van der Waals surface area contributed by atoms with E-state index in [1.807, 2.05) is 6.92 Å². The van der Waals surface area contributed by atoms with Crippen molar-refractivity contribution in [2.24, 2.45) is 0 Å². The summed E-state index contributed by atoms with van der Waals surface area (Å²) in [6, 6.07) is 0. The predicted octanol–water partition coefficient (Wildman–Crippen LogP) is 1.84. The summed E-state index contributed by atoms with van der Waals surface area (Å²) < 4.78 is 13.1. The van der Waals surface area contributed by atoms with Crippen LogP contribution in [0.4, 0.5) is 10.2 Å². The number of nitrogens with one attached hydrogen (secondary N) is 1. The van der Waals surface area contributed by atoms with Gasteiger partial charge in [-0.05, 0) is 24.4 Å². The smallest absolute Gasteiger partial charge is 0.224 e. The van der Waals surface area contributed by atoms with Gasteiger partial charge in [-0.3, -0.25) is 0 Å². The maximum absolute atomic E-state index is 13.1. The number of hydrogen-bond donors (Lipinski definition) is 2. The molecule has 0 bridgehead atoms. The van der Waals surface area contributed by atoms with E-state index in [-0.39, 0.29) is 17.2 Å². The lowest BCUT2D eigenvalue weighted by atomic mass is 10.2. The summed E-state index contributed by atoms with van der Waals surface area (Å²) >= 11 is 5.51. The molecule has 0 radical (unpaired) electrons. The number of aliphatic hydroxyl groups excluding tert-OH is 1. The molecule has 1 atom stereocenters. The van der Waals surface area contributed by atoms with Crippen LogP contribution in [0.5, 0.6) is 0 Å². The largest absolute Gasteiger partial charge is 0.393 e. The number of aliphatic hydroxyl groups is 1. The summed E-state index contributed by atoms with van der Waals surface area (Å²) in [6.07, 6.45) is 1.85. The highest BCUT2D eigenvalue weighted by atomic mass is 35.5. The third kappa shape index (κ3) is 3.97. The van der Waals surface area contributed by atoms with Crippen LogP contribution >= 0.6 is 11.6 Å². The van der Waals surface area contributed by atoms with E-state index < -0.39 is 5.82 Å². The first kappa shape index (κ1) is 12.1. The summed E-state index contributed by atoms with van der Waals surface area (Å²) in [7, 11) is 0. The number of anilines is 1. The minimum absolute atomic E-state index is 0.00469. The molecule has 0 amide bonds. The van der Waals surface area contributed by atoms with Crippen molar-refractivity contribution in [3.63, 3.8) is 0 Å². The first-order chi connectivity index (χ1) is 7.13. The number of halogens is 2. The fourth-order valence-corrected chi connectivity index (χ4v) is 1.16. The normalized spacial score (nSPS) is 12.5. The van der Waals surface area contributed by atoms with Crippen molar-refractivity contribution in [3.8, 4) is 0 Å². The Balaban J connectivity index is 2.46. The van der Waals surface area contributed by atoms with Gasteiger partial charge in [0.15, 0.2) is 11.6 Å². The van der Waals surface area contributed by atoms with Gasteiger partial charge < -0.3 is 10.4 Å². The molecule has 1 aromatic rings. The molecule has 1 unspecified atom stereocenters. The van der Waals surface area contributed by atoms with Gasteiger partial charge in [0.05, 0.1) is 12.3 Å². The quantitative estimate of drug-likeness (QED) is 0.762. The van der Waals surface area contributed by atoms with Crippen LogP contribution in [0.3, 0.4) is 0 Å². The van der Waals surface area contributed by atoms with Crippen LogP contribution < -0.4 is 5.32 Å². The molecule has 0 saturated carbocycles. The van der Waals surface area contributed by atoms with E-state index >= 15 is 0 Å². The number of rotatable bonds is 5. The van der Waals surface area contributed by atoms with Crippen molar-refractivity contribution in [1.29, 1.82) is 0 Å². The summed E-state index contributed by atoms with van der Waals surface area (Å²) in [5, 5.41) is 12.0. The van der Waals surface area contributed by atoms with Gasteiger partial charge in [-0.25, -0.2) is 9.37 Å². The van der Waals surface area contributed by atoms with Gasteiger partial charge in [0, 0.05) is 6.54 Å². The fraction of sp³-hybridized carbons (Fsp3) is 0.556. The van der Waals surface area contributed by atoms with Gasteiger partial charge in [-0.2, -0.15) is 4.98 Å². The maximum atomic E-state index is 13.1. The highest BCUT2D eigenvalue weighted by molar-refractivity contribution is 6.28. The summed E-state index contributed by atoms with van der Waals surface area (Å²) in [6.45, 7) is 2.33. The molecule has 0 fully saturated rings. The Morgan fingerprint density at radius 3 is 3.07 bits per heavy atom. The average Bonchev–Trinajstić information content (AvgIpc) is 2.23. The molecule has 15 heavy (non-hydrogen) atoms. The molecule has 0 aromatic carbocycles. The zero-order valence-corrected chi connectivity index (χ0v) is 9.13. The number of hydrogen-bond acceptors (Lipinski definition) is 4. The molecule has 0 saturated heterocycles. The zero-order chi connectivity index (χ0) is 11.3. The maximum Gasteiger partial charge on any atom is 0.224 e. The molecule has 2 N–H and O–H groups in total. The van der Waals surface area contributed by atoms with Gasteiger partial charge in [0.1, 0.15) is 0 Å². The Kier molecular flexibility index (Phi) is 4.71. The van der Waals surface area contributed by atoms with Gasteiger partial charge in [0.25, 0.3) is 0 Å². The molecule has 1 aromatic heterocycles. The summed E-state index contributed by atoms with van der Waals surface area (Å²) in [5.74, 6) is -0.483. The van der Waals surface area contributed by atoms with Gasteiger partial charge in [-0.1, -0.05) is 6.92 Å². The molecule has 0 aliphatic heterocycles. The van der Waals surface area contributed by atoms with Gasteiger partial charge in [0.2, 0.25) is 5.28 Å². The lowest BCUT2D eigenvalue weighted by molar-refractivity contribution is 0.164. The second-order valence-corrected chi connectivity index (χ2v) is 3.45. The molecule has 84 valence electrons. The highest BCUT2D eigenvalue weighted by Gasteiger charge is 2.06. The SMILES string of the molecule is CCC(O)CCNc1nc(Cl)ncc1F. The fourth-order valence-electron chi connectivity index (χ4n) is 1.03. The zero-order valence-electron chi connectivity index (χ0n) is 8.37. The number of aromatic nitrogens is 2. The molecule has 0 aliphatic rings. The average molecular weight is 234 g/mol. The number of nitrogens with zero attached hydrogens (tertiary/aromatic N) is 2. The van der Waals surface area contributed by atoms with Crippen LogP contribution in [0.15, 0.2) is 6.20 Å². The first-order valence-electron chi connectivity index (χ1n) is 4.73. The van der Waals surface area contributed by atoms with E-state index in [2.05, 4.69) is 15.3 Å². The van der Waals surface area contributed by atoms with Gasteiger partial charge in [-0.15, -0.1) is 0 Å². The van der Waals surface area contributed by atoms with E-state index in [1.54, 1.807) is 0 Å². The molecular weight excluding hydrogens is 221 g/mol. The predicted molar refractivity (Wildman–Crippen MR) is 56.4 cm³/mol. The van der Waals surface area contributed by atoms with Crippen LogP contribution in [0.25, 0.3) is 0 Å². The molecule has 1 heterocycles. The van der Waals surface area contributed by atoms with Crippen LogP contribution in [-0.4, -0.2) is 27.7 Å². The van der Waals surface area contributed by atoms with E-state index in [4.69, 9.17) is 11.6 Å². The molecular formula is C9H13ClFN3O. The first-order valence-corrected chi connectivity index (χ1v) is 5.11. The van der Waals surface area contributed by atoms with E-state index in [9.17, 15) is 9.50 Å². The van der Waals surface area contributed by atoms with Crippen molar-refractivity contribution in [3.05, 3.63) is 17.3 Å². The van der Waals surface area contributed by atoms with Crippen LogP contribution in [0.2, 0.25) is 5.28 Å². The Bertz CT molecular complexity index is 324. The van der Waals surface area contributed by atoms with Crippen molar-refractivity contribution in [2.45, 2.75) is 25.9 Å². The van der Waals surface area contributed by atoms with Gasteiger partial charge >= 0.3 is 0 Å². The Morgan fingerprint density at radius 2 is 2.40 bits per heavy atom. The molecule has 0 aliphatic carbocycles. The molecule has 1 rings (SSSR count). The van der Waals surface area contributed by atoms with Crippen LogP contribution in [-0.2, 0) is 0 Å². The third-order valence-corrected chi connectivity index (χ3v) is 2.14. The van der Waals surface area contributed by atoms with Crippen molar-refractivity contribution >= 4 is 17.4 Å². The minimum Gasteiger partial charge on any atom is -0.393 e. The third-order valence-electron chi connectivity index (χ3n) is 1.96. The Hall–Kier alpha value is -0.940. The topological polar surface area (TPSA) is 58.0 Å². The second-order valence-electron chi connectivity index (χ2n) is 3.11. The standard InChI is InChI=1S/C9H13ClFN3O/c1-2-6(15)3-4-12-8-7(11)5-13-9(10)14-8/h5-6,15H,2-4H2,1H3,(H,12,13,14). The molecule has 4 nitrogen and oxygen atoms in total. The van der Waals surface area contributed by atoms with E-state index in [1.165, 1.54) is 0 Å². The minimum atomic E-state index is -0.551. The summed E-state index contributed by atoms with van der Waals surface area (Å²) in [4.78, 5) is 7.17. The highest BCUT2D eigenvalue weighted by Crippen LogP contribution is 2.12.